The van der Waals surface area contributed by atoms with Gasteiger partial charge in [0.05, 0.1) is 17.8 Å². The highest BCUT2D eigenvalue weighted by atomic mass is 16.7. The number of carbonyl (C=O) groups excluding carboxylic acids is 1. The molecule has 126 valence electrons. The van der Waals surface area contributed by atoms with E-state index in [0.29, 0.717) is 18.8 Å². The third-order valence-corrected chi connectivity index (χ3v) is 4.48. The Morgan fingerprint density at radius 1 is 1.30 bits per heavy atom. The summed E-state index contributed by atoms with van der Waals surface area (Å²) in [6.45, 7) is 10.9. The standard InChI is InChI=1S/C16H25BN2O4/c1-11-9-13(14(20)18-7-8-21-6)19-10-12(11)17-22-15(2,3)16(4,5)23-17/h9-10H,7-8H2,1-6H3,(H,18,20). The Balaban J connectivity index is 2.13. The zero-order valence-electron chi connectivity index (χ0n) is 14.7. The van der Waals surface area contributed by atoms with E-state index in [1.54, 1.807) is 19.4 Å². The topological polar surface area (TPSA) is 69.7 Å². The molecular formula is C16H25BN2O4. The monoisotopic (exact) mass is 320 g/mol. The van der Waals surface area contributed by atoms with E-state index in [9.17, 15) is 4.79 Å². The minimum absolute atomic E-state index is 0.217. The maximum absolute atomic E-state index is 12.0. The summed E-state index contributed by atoms with van der Waals surface area (Å²) >= 11 is 0. The predicted molar refractivity (Wildman–Crippen MR) is 88.9 cm³/mol. The van der Waals surface area contributed by atoms with Crippen LogP contribution < -0.4 is 10.8 Å². The van der Waals surface area contributed by atoms with E-state index >= 15 is 0 Å². The second kappa shape index (κ2) is 6.59. The molecule has 1 aliphatic heterocycles. The predicted octanol–water partition coefficient (Wildman–Crippen LogP) is 1.07. The average molecular weight is 320 g/mol. The van der Waals surface area contributed by atoms with Gasteiger partial charge in [-0.3, -0.25) is 9.78 Å². The number of rotatable bonds is 5. The number of ether oxygens (including phenoxy) is 1. The second-order valence-corrected chi connectivity index (χ2v) is 6.76. The quantitative estimate of drug-likeness (QED) is 0.649. The highest BCUT2D eigenvalue weighted by molar-refractivity contribution is 6.62. The van der Waals surface area contributed by atoms with Gasteiger partial charge < -0.3 is 19.4 Å². The normalized spacial score (nSPS) is 19.0. The van der Waals surface area contributed by atoms with Crippen molar-refractivity contribution in [2.45, 2.75) is 45.8 Å². The van der Waals surface area contributed by atoms with Crippen molar-refractivity contribution in [3.63, 3.8) is 0 Å². The van der Waals surface area contributed by atoms with Gasteiger partial charge in [0.25, 0.3) is 5.91 Å². The van der Waals surface area contributed by atoms with E-state index in [0.717, 1.165) is 11.0 Å². The number of nitrogens with zero attached hydrogens (tertiary/aromatic N) is 1. The van der Waals surface area contributed by atoms with Gasteiger partial charge in [-0.1, -0.05) is 0 Å². The molecule has 1 N–H and O–H groups in total. The summed E-state index contributed by atoms with van der Waals surface area (Å²) in [6, 6.07) is 1.75. The fourth-order valence-electron chi connectivity index (χ4n) is 2.26. The van der Waals surface area contributed by atoms with Crippen LogP contribution in [0.4, 0.5) is 0 Å². The Kier molecular flexibility index (Phi) is 5.13. The van der Waals surface area contributed by atoms with Crippen LogP contribution in [0, 0.1) is 6.92 Å². The summed E-state index contributed by atoms with van der Waals surface area (Å²) in [5, 5.41) is 2.75. The fourth-order valence-corrected chi connectivity index (χ4v) is 2.26. The molecule has 1 aromatic rings. The number of pyridine rings is 1. The van der Waals surface area contributed by atoms with Crippen molar-refractivity contribution < 1.29 is 18.8 Å². The van der Waals surface area contributed by atoms with Gasteiger partial charge in [-0.2, -0.15) is 0 Å². The van der Waals surface area contributed by atoms with Gasteiger partial charge in [-0.15, -0.1) is 0 Å². The van der Waals surface area contributed by atoms with Crippen molar-refractivity contribution in [3.05, 3.63) is 23.5 Å². The van der Waals surface area contributed by atoms with E-state index in [1.165, 1.54) is 0 Å². The molecule has 1 aliphatic rings. The summed E-state index contributed by atoms with van der Waals surface area (Å²) in [4.78, 5) is 16.3. The Bertz CT molecular complexity index is 573. The summed E-state index contributed by atoms with van der Waals surface area (Å²) < 4.78 is 17.0. The highest BCUT2D eigenvalue weighted by Gasteiger charge is 2.52. The molecule has 2 rings (SSSR count). The largest absolute Gasteiger partial charge is 0.496 e. The molecule has 23 heavy (non-hydrogen) atoms. The van der Waals surface area contributed by atoms with Crippen molar-refractivity contribution in [1.29, 1.82) is 0 Å². The Morgan fingerprint density at radius 2 is 1.91 bits per heavy atom. The molecule has 1 amide bonds. The first kappa shape index (κ1) is 17.9. The number of hydrogen-bond donors (Lipinski definition) is 1. The third-order valence-electron chi connectivity index (χ3n) is 4.48. The van der Waals surface area contributed by atoms with Crippen molar-refractivity contribution in [2.24, 2.45) is 0 Å². The number of methoxy groups -OCH3 is 1. The number of aromatic nitrogens is 1. The first-order valence-corrected chi connectivity index (χ1v) is 7.77. The lowest BCUT2D eigenvalue weighted by molar-refractivity contribution is 0.00578. The molecule has 7 heteroatoms. The van der Waals surface area contributed by atoms with Crippen LogP contribution in [-0.4, -0.2) is 49.5 Å². The SMILES string of the molecule is COCCNC(=O)c1cc(C)c(B2OC(C)(C)C(C)(C)O2)cn1. The number of hydrogen-bond acceptors (Lipinski definition) is 5. The van der Waals surface area contributed by atoms with Crippen LogP contribution >= 0.6 is 0 Å². The highest BCUT2D eigenvalue weighted by Crippen LogP contribution is 2.36. The van der Waals surface area contributed by atoms with E-state index < -0.39 is 18.3 Å². The van der Waals surface area contributed by atoms with Crippen molar-refractivity contribution >= 4 is 18.5 Å². The summed E-state index contributed by atoms with van der Waals surface area (Å²) in [5.74, 6) is -0.217. The lowest BCUT2D eigenvalue weighted by atomic mass is 9.77. The number of aryl methyl sites for hydroxylation is 1. The van der Waals surface area contributed by atoms with E-state index in [2.05, 4.69) is 10.3 Å². The average Bonchev–Trinajstić information content (AvgIpc) is 2.67. The van der Waals surface area contributed by atoms with Crippen molar-refractivity contribution in [2.75, 3.05) is 20.3 Å². The Labute approximate surface area is 138 Å². The van der Waals surface area contributed by atoms with Crippen molar-refractivity contribution in [1.82, 2.24) is 10.3 Å². The molecule has 1 fully saturated rings. The van der Waals surface area contributed by atoms with E-state index in [4.69, 9.17) is 14.0 Å². The minimum atomic E-state index is -0.474. The molecule has 6 nitrogen and oxygen atoms in total. The lowest BCUT2D eigenvalue weighted by Crippen LogP contribution is -2.41. The minimum Gasteiger partial charge on any atom is -0.399 e. The molecule has 0 unspecified atom stereocenters. The molecule has 0 radical (unpaired) electrons. The number of nitrogens with one attached hydrogen (secondary N) is 1. The third kappa shape index (κ3) is 3.73. The van der Waals surface area contributed by atoms with Crippen LogP contribution in [0.1, 0.15) is 43.7 Å². The van der Waals surface area contributed by atoms with Crippen LogP contribution in [0.15, 0.2) is 12.3 Å². The van der Waals surface area contributed by atoms with Crippen LogP contribution in [0.3, 0.4) is 0 Å². The van der Waals surface area contributed by atoms with Crippen LogP contribution in [0.25, 0.3) is 0 Å². The number of carbonyl (C=O) groups is 1. The fraction of sp³-hybridized carbons (Fsp3) is 0.625. The molecule has 0 atom stereocenters. The van der Waals surface area contributed by atoms with Gasteiger partial charge in [0.1, 0.15) is 5.69 Å². The molecular weight excluding hydrogens is 295 g/mol. The summed E-state index contributed by atoms with van der Waals surface area (Å²) in [7, 11) is 1.12. The lowest BCUT2D eigenvalue weighted by Gasteiger charge is -2.32. The first-order chi connectivity index (χ1) is 10.7. The second-order valence-electron chi connectivity index (χ2n) is 6.76. The molecule has 1 saturated heterocycles. The molecule has 0 saturated carbocycles. The smallest absolute Gasteiger partial charge is 0.399 e. The van der Waals surface area contributed by atoms with Crippen LogP contribution in [0.5, 0.6) is 0 Å². The number of amides is 1. The van der Waals surface area contributed by atoms with E-state index in [-0.39, 0.29) is 5.91 Å². The van der Waals surface area contributed by atoms with Gasteiger partial charge in [-0.25, -0.2) is 0 Å². The molecule has 0 aromatic carbocycles. The van der Waals surface area contributed by atoms with Gasteiger partial charge in [0, 0.05) is 25.3 Å². The molecule has 0 aliphatic carbocycles. The Hall–Kier alpha value is -1.44. The zero-order valence-corrected chi connectivity index (χ0v) is 14.7. The molecule has 0 spiro atoms. The van der Waals surface area contributed by atoms with Crippen molar-refractivity contribution in [3.8, 4) is 0 Å². The van der Waals surface area contributed by atoms with Crippen LogP contribution in [-0.2, 0) is 14.0 Å². The van der Waals surface area contributed by atoms with Gasteiger partial charge >= 0.3 is 7.12 Å². The van der Waals surface area contributed by atoms with Gasteiger partial charge in [0.2, 0.25) is 0 Å². The summed E-state index contributed by atoms with van der Waals surface area (Å²) in [6.07, 6.45) is 1.66. The summed E-state index contributed by atoms with van der Waals surface area (Å²) in [5.41, 5.74) is 1.33. The van der Waals surface area contributed by atoms with Gasteiger partial charge in [-0.05, 0) is 46.2 Å². The molecule has 0 bridgehead atoms. The van der Waals surface area contributed by atoms with Crippen LogP contribution in [0.2, 0.25) is 0 Å². The molecule has 2 heterocycles. The van der Waals surface area contributed by atoms with E-state index in [1.807, 2.05) is 34.6 Å². The Morgan fingerprint density at radius 3 is 2.43 bits per heavy atom. The first-order valence-electron chi connectivity index (χ1n) is 7.77. The molecule has 1 aromatic heterocycles. The zero-order chi connectivity index (χ0) is 17.3. The maximum atomic E-state index is 12.0. The maximum Gasteiger partial charge on any atom is 0.496 e. The van der Waals surface area contributed by atoms with Gasteiger partial charge in [0.15, 0.2) is 0 Å².